The number of allylic oxidation sites excluding steroid dienone is 1. The lowest BCUT2D eigenvalue weighted by atomic mass is 9.83. The number of urea groups is 1. The normalized spacial score (nSPS) is 18.0. The Balaban J connectivity index is 1.25. The van der Waals surface area contributed by atoms with Crippen molar-refractivity contribution >= 4 is 23.3 Å². The van der Waals surface area contributed by atoms with Crippen molar-refractivity contribution in [1.82, 2.24) is 19.7 Å². The van der Waals surface area contributed by atoms with Crippen molar-refractivity contribution in [3.05, 3.63) is 76.4 Å². The van der Waals surface area contributed by atoms with Gasteiger partial charge in [0.15, 0.2) is 0 Å². The first-order valence-corrected chi connectivity index (χ1v) is 14.2. The van der Waals surface area contributed by atoms with Gasteiger partial charge < -0.3 is 19.3 Å². The molecule has 9 heteroatoms. The van der Waals surface area contributed by atoms with E-state index >= 15 is 0 Å². The van der Waals surface area contributed by atoms with E-state index in [0.29, 0.717) is 56.9 Å². The van der Waals surface area contributed by atoms with E-state index in [0.717, 1.165) is 33.1 Å². The number of nitrogens with zero attached hydrogens (tertiary/aromatic N) is 4. The molecule has 39 heavy (non-hydrogen) atoms. The summed E-state index contributed by atoms with van der Waals surface area (Å²) in [5.41, 5.74) is 4.22. The highest BCUT2D eigenvalue weighted by molar-refractivity contribution is 7.13. The summed E-state index contributed by atoms with van der Waals surface area (Å²) in [7, 11) is 3.30. The molecule has 2 fully saturated rings. The number of carbonyl (C=O) groups excluding carboxylic acids is 2. The van der Waals surface area contributed by atoms with Crippen LogP contribution in [0.25, 0.3) is 10.6 Å². The summed E-state index contributed by atoms with van der Waals surface area (Å²) < 4.78 is 11.2. The highest BCUT2D eigenvalue weighted by Crippen LogP contribution is 2.47. The fourth-order valence-corrected chi connectivity index (χ4v) is 7.08. The molecule has 0 N–H and O–H groups in total. The highest BCUT2D eigenvalue weighted by atomic mass is 32.1. The lowest BCUT2D eigenvalue weighted by Crippen LogP contribution is -2.54. The van der Waals surface area contributed by atoms with Crippen molar-refractivity contribution in [2.75, 3.05) is 33.9 Å². The third-order valence-corrected chi connectivity index (χ3v) is 9.13. The van der Waals surface area contributed by atoms with Crippen LogP contribution in [0.2, 0.25) is 0 Å². The van der Waals surface area contributed by atoms with Crippen molar-refractivity contribution in [3.8, 4) is 22.1 Å². The molecular formula is C30H32N4O4S. The lowest BCUT2D eigenvalue weighted by molar-refractivity contribution is 0.0571. The Morgan fingerprint density at radius 3 is 2.56 bits per heavy atom. The van der Waals surface area contributed by atoms with Crippen molar-refractivity contribution in [2.45, 2.75) is 38.3 Å². The molecule has 3 aromatic rings. The zero-order valence-electron chi connectivity index (χ0n) is 22.5. The Morgan fingerprint density at radius 1 is 1.10 bits per heavy atom. The minimum Gasteiger partial charge on any atom is -0.497 e. The monoisotopic (exact) mass is 544 g/mol. The number of methoxy groups -OCH3 is 2. The van der Waals surface area contributed by atoms with Gasteiger partial charge in [-0.2, -0.15) is 0 Å². The highest BCUT2D eigenvalue weighted by Gasteiger charge is 2.54. The topological polar surface area (TPSA) is 75.2 Å². The standard InChI is InChI=1S/C30H32N4O4S/c1-4-34-29(36)33-18-21-16-22(37-2)17-25(38-3)23(21)10-11-26(33)30(34)12-14-32(15-13-30)28(35)24-19-39-27(31-24)20-8-6-5-7-9-20/h5-9,11,16-17,19H,4,10,12-15,18H2,1-3H3. The van der Waals surface area contributed by atoms with Crippen LogP contribution < -0.4 is 9.47 Å². The van der Waals surface area contributed by atoms with E-state index in [9.17, 15) is 9.59 Å². The number of hydrogen-bond donors (Lipinski definition) is 0. The van der Waals surface area contributed by atoms with E-state index in [1.54, 1.807) is 14.2 Å². The molecule has 3 amide bonds. The molecule has 2 saturated heterocycles. The first-order valence-electron chi connectivity index (χ1n) is 13.3. The van der Waals surface area contributed by atoms with Crippen molar-refractivity contribution in [1.29, 1.82) is 0 Å². The number of thiazole rings is 1. The summed E-state index contributed by atoms with van der Waals surface area (Å²) in [4.78, 5) is 37.6. The molecule has 2 aromatic carbocycles. The van der Waals surface area contributed by atoms with Crippen LogP contribution in [0.4, 0.5) is 4.79 Å². The van der Waals surface area contributed by atoms with Crippen LogP contribution in [-0.4, -0.2) is 71.0 Å². The van der Waals surface area contributed by atoms with Crippen LogP contribution in [0.3, 0.4) is 0 Å². The Bertz CT molecular complexity index is 1440. The van der Waals surface area contributed by atoms with Gasteiger partial charge >= 0.3 is 6.03 Å². The third-order valence-electron chi connectivity index (χ3n) is 8.24. The van der Waals surface area contributed by atoms with Crippen LogP contribution >= 0.6 is 11.3 Å². The molecule has 1 spiro atoms. The number of piperidine rings is 1. The average Bonchev–Trinajstić information content (AvgIpc) is 3.47. The van der Waals surface area contributed by atoms with Gasteiger partial charge in [-0.05, 0) is 37.8 Å². The first kappa shape index (κ1) is 25.4. The van der Waals surface area contributed by atoms with E-state index in [1.165, 1.54) is 11.3 Å². The maximum absolute atomic E-state index is 13.7. The number of ether oxygens (including phenoxy) is 2. The van der Waals surface area contributed by atoms with E-state index in [1.807, 2.05) is 69.5 Å². The summed E-state index contributed by atoms with van der Waals surface area (Å²) in [6, 6.07) is 13.8. The zero-order valence-corrected chi connectivity index (χ0v) is 23.3. The second-order valence-electron chi connectivity index (χ2n) is 10.1. The molecular weight excluding hydrogens is 512 g/mol. The van der Waals surface area contributed by atoms with Crippen LogP contribution in [0.1, 0.15) is 41.4 Å². The molecule has 6 rings (SSSR count). The van der Waals surface area contributed by atoms with Crippen LogP contribution in [0, 0.1) is 0 Å². The van der Waals surface area contributed by atoms with Crippen LogP contribution in [-0.2, 0) is 13.0 Å². The summed E-state index contributed by atoms with van der Waals surface area (Å²) in [5, 5.41) is 2.69. The minimum atomic E-state index is -0.431. The molecule has 0 atom stereocenters. The smallest absolute Gasteiger partial charge is 0.325 e. The SMILES string of the molecule is CCN1C(=O)N2Cc3cc(OC)cc(OC)c3CC=C2C12CCN(C(=O)c1csc(-c3ccccc3)n1)CC2. The number of likely N-dealkylation sites (tertiary alicyclic amines) is 1. The number of carbonyl (C=O) groups is 2. The average molecular weight is 545 g/mol. The predicted molar refractivity (Wildman–Crippen MR) is 150 cm³/mol. The number of rotatable bonds is 5. The second-order valence-corrected chi connectivity index (χ2v) is 11.0. The first-order chi connectivity index (χ1) is 19.0. The van der Waals surface area contributed by atoms with Gasteiger partial charge in [-0.25, -0.2) is 9.78 Å². The van der Waals surface area contributed by atoms with E-state index in [2.05, 4.69) is 11.1 Å². The molecule has 0 unspecified atom stereocenters. The number of hydrogen-bond acceptors (Lipinski definition) is 6. The Labute approximate surface area is 232 Å². The summed E-state index contributed by atoms with van der Waals surface area (Å²) >= 11 is 1.49. The number of likely N-dealkylation sites (N-methyl/N-ethyl adjacent to an activating group) is 1. The van der Waals surface area contributed by atoms with Gasteiger partial charge in [0.05, 0.1) is 26.3 Å². The van der Waals surface area contributed by atoms with Gasteiger partial charge in [0, 0.05) is 47.9 Å². The van der Waals surface area contributed by atoms with Crippen LogP contribution in [0.15, 0.2) is 59.6 Å². The molecule has 3 aliphatic heterocycles. The largest absolute Gasteiger partial charge is 0.497 e. The number of aromatic nitrogens is 1. The summed E-state index contributed by atoms with van der Waals surface area (Å²) in [6.07, 6.45) is 4.24. The van der Waals surface area contributed by atoms with E-state index < -0.39 is 5.54 Å². The van der Waals surface area contributed by atoms with Gasteiger partial charge in [0.2, 0.25) is 0 Å². The van der Waals surface area contributed by atoms with Gasteiger partial charge in [0.25, 0.3) is 5.91 Å². The fraction of sp³-hybridized carbons (Fsp3) is 0.367. The molecule has 0 saturated carbocycles. The fourth-order valence-electron chi connectivity index (χ4n) is 6.28. The van der Waals surface area contributed by atoms with Crippen LogP contribution in [0.5, 0.6) is 11.5 Å². The molecule has 0 bridgehead atoms. The van der Waals surface area contributed by atoms with Gasteiger partial charge in [-0.1, -0.05) is 36.4 Å². The predicted octanol–water partition coefficient (Wildman–Crippen LogP) is 5.20. The second kappa shape index (κ2) is 10.0. The summed E-state index contributed by atoms with van der Waals surface area (Å²) in [6.45, 7) is 4.24. The molecule has 0 aliphatic carbocycles. The molecule has 3 aliphatic rings. The Morgan fingerprint density at radius 2 is 1.87 bits per heavy atom. The number of amides is 3. The summed E-state index contributed by atoms with van der Waals surface area (Å²) in [5.74, 6) is 1.44. The quantitative estimate of drug-likeness (QED) is 0.441. The molecule has 1 aromatic heterocycles. The molecule has 8 nitrogen and oxygen atoms in total. The van der Waals surface area contributed by atoms with Gasteiger partial charge in [-0.15, -0.1) is 11.3 Å². The number of benzene rings is 2. The Hall–Kier alpha value is -3.85. The lowest BCUT2D eigenvalue weighted by Gasteiger charge is -2.44. The van der Waals surface area contributed by atoms with Gasteiger partial charge in [0.1, 0.15) is 22.2 Å². The van der Waals surface area contributed by atoms with Crippen molar-refractivity contribution < 1.29 is 19.1 Å². The molecule has 202 valence electrons. The van der Waals surface area contributed by atoms with Crippen molar-refractivity contribution in [2.24, 2.45) is 0 Å². The molecule has 0 radical (unpaired) electrons. The maximum atomic E-state index is 13.7. The van der Waals surface area contributed by atoms with Crippen molar-refractivity contribution in [3.63, 3.8) is 0 Å². The Kier molecular flexibility index (Phi) is 6.54. The minimum absolute atomic E-state index is 0.0187. The van der Waals surface area contributed by atoms with Gasteiger partial charge in [-0.3, -0.25) is 9.69 Å². The zero-order chi connectivity index (χ0) is 27.1. The maximum Gasteiger partial charge on any atom is 0.325 e. The van der Waals surface area contributed by atoms with E-state index in [4.69, 9.17) is 9.47 Å². The van der Waals surface area contributed by atoms with E-state index in [-0.39, 0.29) is 11.9 Å². The number of fused-ring (bicyclic) bond motifs is 3. The molecule has 4 heterocycles. The third kappa shape index (κ3) is 4.16.